The second kappa shape index (κ2) is 7.26. The highest BCUT2D eigenvalue weighted by Crippen LogP contribution is 2.39. The van der Waals surface area contributed by atoms with Crippen LogP contribution in [-0.2, 0) is 0 Å². The molecule has 0 heterocycles. The molecule has 0 aliphatic heterocycles. The average molecular weight is 286 g/mol. The summed E-state index contributed by atoms with van der Waals surface area (Å²) < 4.78 is 0. The van der Waals surface area contributed by atoms with Crippen LogP contribution in [0.4, 0.5) is 0 Å². The quantitative estimate of drug-likeness (QED) is 0.642. The molecule has 0 amide bonds. The van der Waals surface area contributed by atoms with Crippen LogP contribution in [0.1, 0.15) is 87.5 Å². The second-order valence-electron chi connectivity index (χ2n) is 8.41. The Morgan fingerprint density at radius 2 is 1.50 bits per heavy atom. The maximum Gasteiger partial charge on any atom is 0.0673 e. The zero-order chi connectivity index (χ0) is 16.2. The van der Waals surface area contributed by atoms with Gasteiger partial charge in [-0.3, -0.25) is 0 Å². The van der Waals surface area contributed by atoms with Gasteiger partial charge in [0, 0.05) is 6.04 Å². The molecule has 0 aromatic rings. The van der Waals surface area contributed by atoms with Crippen molar-refractivity contribution in [3.63, 3.8) is 0 Å². The van der Waals surface area contributed by atoms with Gasteiger partial charge in [-0.25, -0.2) is 0 Å². The van der Waals surface area contributed by atoms with E-state index >= 15 is 0 Å². The second-order valence-corrected chi connectivity index (χ2v) is 8.41. The van der Waals surface area contributed by atoms with Crippen LogP contribution >= 0.6 is 0 Å². The van der Waals surface area contributed by atoms with Gasteiger partial charge in [-0.05, 0) is 49.4 Å². The van der Waals surface area contributed by atoms with Gasteiger partial charge in [0.15, 0.2) is 0 Å². The Bertz CT molecular complexity index is 281. The van der Waals surface area contributed by atoms with Gasteiger partial charge in [0.2, 0.25) is 0 Å². The maximum absolute atomic E-state index is 10.8. The molecule has 0 fully saturated rings. The lowest BCUT2D eigenvalue weighted by molar-refractivity contribution is -0.0715. The van der Waals surface area contributed by atoms with Gasteiger partial charge < -0.3 is 10.8 Å². The lowest BCUT2D eigenvalue weighted by atomic mass is 9.69. The van der Waals surface area contributed by atoms with Crippen LogP contribution in [-0.4, -0.2) is 16.7 Å². The summed E-state index contributed by atoms with van der Waals surface area (Å²) in [5.74, 6) is 0.350. The topological polar surface area (TPSA) is 46.2 Å². The van der Waals surface area contributed by atoms with E-state index in [0.717, 1.165) is 25.7 Å². The van der Waals surface area contributed by atoms with Crippen LogP contribution in [0.5, 0.6) is 0 Å². The van der Waals surface area contributed by atoms with Crippen molar-refractivity contribution in [2.24, 2.45) is 22.5 Å². The van der Waals surface area contributed by atoms with Crippen molar-refractivity contribution in [2.75, 3.05) is 0 Å². The molecule has 3 atom stereocenters. The minimum Gasteiger partial charge on any atom is -0.390 e. The fourth-order valence-corrected chi connectivity index (χ4v) is 2.45. The summed E-state index contributed by atoms with van der Waals surface area (Å²) >= 11 is 0. The first-order valence-electron chi connectivity index (χ1n) is 8.36. The zero-order valence-corrected chi connectivity index (χ0v) is 15.2. The van der Waals surface area contributed by atoms with Crippen LogP contribution in [0.3, 0.4) is 0 Å². The first-order valence-corrected chi connectivity index (χ1v) is 8.36. The first kappa shape index (κ1) is 19.9. The van der Waals surface area contributed by atoms with Gasteiger partial charge in [-0.2, -0.15) is 0 Å². The Morgan fingerprint density at radius 1 is 1.00 bits per heavy atom. The largest absolute Gasteiger partial charge is 0.390 e. The van der Waals surface area contributed by atoms with Gasteiger partial charge in [-0.15, -0.1) is 0 Å². The van der Waals surface area contributed by atoms with E-state index in [1.807, 2.05) is 6.92 Å². The van der Waals surface area contributed by atoms with Crippen molar-refractivity contribution in [1.82, 2.24) is 0 Å². The molecule has 0 bridgehead atoms. The fraction of sp³-hybridized carbons (Fsp3) is 1.00. The molecule has 2 heteroatoms. The van der Waals surface area contributed by atoms with E-state index in [1.165, 1.54) is 6.42 Å². The van der Waals surface area contributed by atoms with Crippen molar-refractivity contribution in [1.29, 1.82) is 0 Å². The van der Waals surface area contributed by atoms with Crippen LogP contribution < -0.4 is 5.73 Å². The molecule has 0 aliphatic rings. The number of hydrogen-bond acceptors (Lipinski definition) is 2. The molecular formula is C18H39NO. The highest BCUT2D eigenvalue weighted by Gasteiger charge is 2.39. The standard InChI is InChI=1S/C18H39NO/c1-9-16(4,5)12-11-15(19)14(3)13-18(8,20)17(6,7)10-2/h14-15,20H,9-13,19H2,1-8H3. The van der Waals surface area contributed by atoms with E-state index in [-0.39, 0.29) is 11.5 Å². The van der Waals surface area contributed by atoms with Crippen LogP contribution in [0.25, 0.3) is 0 Å². The Kier molecular flexibility index (Phi) is 7.24. The van der Waals surface area contributed by atoms with Gasteiger partial charge in [-0.1, -0.05) is 54.9 Å². The Balaban J connectivity index is 4.50. The summed E-state index contributed by atoms with van der Waals surface area (Å²) in [6.45, 7) is 17.4. The van der Waals surface area contributed by atoms with Gasteiger partial charge in [0.05, 0.1) is 5.60 Å². The molecule has 3 N–H and O–H groups in total. The lowest BCUT2D eigenvalue weighted by Gasteiger charge is -2.42. The molecule has 0 radical (unpaired) electrons. The molecule has 0 spiro atoms. The van der Waals surface area contributed by atoms with Gasteiger partial charge in [0.25, 0.3) is 0 Å². The van der Waals surface area contributed by atoms with Crippen molar-refractivity contribution < 1.29 is 5.11 Å². The molecule has 0 aromatic carbocycles. The van der Waals surface area contributed by atoms with Crippen LogP contribution in [0, 0.1) is 16.7 Å². The van der Waals surface area contributed by atoms with E-state index in [0.29, 0.717) is 11.3 Å². The highest BCUT2D eigenvalue weighted by atomic mass is 16.3. The predicted octanol–water partition coefficient (Wildman–Crippen LogP) is 4.74. The predicted molar refractivity (Wildman–Crippen MR) is 89.8 cm³/mol. The third-order valence-corrected chi connectivity index (χ3v) is 5.90. The monoisotopic (exact) mass is 285 g/mol. The molecule has 0 saturated heterocycles. The van der Waals surface area contributed by atoms with Crippen molar-refractivity contribution in [3.05, 3.63) is 0 Å². The summed E-state index contributed by atoms with van der Waals surface area (Å²) in [5.41, 5.74) is 6.02. The Morgan fingerprint density at radius 3 is 1.90 bits per heavy atom. The molecule has 2 nitrogen and oxygen atoms in total. The fourth-order valence-electron chi connectivity index (χ4n) is 2.45. The first-order chi connectivity index (χ1) is 8.88. The number of rotatable bonds is 9. The van der Waals surface area contributed by atoms with E-state index in [1.54, 1.807) is 0 Å². The summed E-state index contributed by atoms with van der Waals surface area (Å²) in [4.78, 5) is 0. The molecule has 20 heavy (non-hydrogen) atoms. The Labute approximate surface area is 127 Å². The zero-order valence-electron chi connectivity index (χ0n) is 15.2. The van der Waals surface area contributed by atoms with Gasteiger partial charge >= 0.3 is 0 Å². The molecular weight excluding hydrogens is 246 g/mol. The van der Waals surface area contributed by atoms with E-state index in [9.17, 15) is 5.11 Å². The van der Waals surface area contributed by atoms with Crippen LogP contribution in [0.15, 0.2) is 0 Å². The smallest absolute Gasteiger partial charge is 0.0673 e. The highest BCUT2D eigenvalue weighted by molar-refractivity contribution is 4.91. The minimum absolute atomic E-state index is 0.0658. The molecule has 0 aromatic heterocycles. The van der Waals surface area contributed by atoms with Crippen molar-refractivity contribution in [2.45, 2.75) is 99.1 Å². The molecule has 3 unspecified atom stereocenters. The summed E-state index contributed by atoms with van der Waals surface area (Å²) in [7, 11) is 0. The normalized spacial score (nSPS) is 19.5. The maximum atomic E-state index is 10.8. The number of aliphatic hydroxyl groups is 1. The number of hydrogen-bond donors (Lipinski definition) is 2. The summed E-state index contributed by atoms with van der Waals surface area (Å²) in [5, 5.41) is 10.8. The van der Waals surface area contributed by atoms with E-state index < -0.39 is 5.60 Å². The van der Waals surface area contributed by atoms with Crippen LogP contribution in [0.2, 0.25) is 0 Å². The molecule has 122 valence electrons. The number of nitrogens with two attached hydrogens (primary N) is 1. The van der Waals surface area contributed by atoms with Crippen molar-refractivity contribution >= 4 is 0 Å². The third-order valence-electron chi connectivity index (χ3n) is 5.90. The minimum atomic E-state index is -0.654. The average Bonchev–Trinajstić information content (AvgIpc) is 2.35. The van der Waals surface area contributed by atoms with Crippen molar-refractivity contribution in [3.8, 4) is 0 Å². The van der Waals surface area contributed by atoms with E-state index in [4.69, 9.17) is 5.73 Å². The molecule has 0 rings (SSSR count). The SMILES string of the molecule is CCC(C)(C)CCC(N)C(C)CC(C)(O)C(C)(C)CC. The third kappa shape index (κ3) is 5.73. The summed E-state index contributed by atoms with van der Waals surface area (Å²) in [6, 6.07) is 0.181. The van der Waals surface area contributed by atoms with Gasteiger partial charge in [0.1, 0.15) is 0 Å². The molecule has 0 aliphatic carbocycles. The van der Waals surface area contributed by atoms with E-state index in [2.05, 4.69) is 48.5 Å². The lowest BCUT2D eigenvalue weighted by Crippen LogP contribution is -2.45. The summed E-state index contributed by atoms with van der Waals surface area (Å²) in [6.07, 6.45) is 5.15. The Hall–Kier alpha value is -0.0800. The molecule has 0 saturated carbocycles.